The number of rotatable bonds is 8. The molecule has 0 spiro atoms. The highest BCUT2D eigenvalue weighted by Crippen LogP contribution is 2.52. The zero-order valence-electron chi connectivity index (χ0n) is 19.8. The van der Waals surface area contributed by atoms with Crippen LogP contribution >= 0.6 is 0 Å². The van der Waals surface area contributed by atoms with Gasteiger partial charge in [-0.1, -0.05) is 18.2 Å². The molecule has 1 aromatic heterocycles. The average Bonchev–Trinajstić information content (AvgIpc) is 3.69. The predicted octanol–water partition coefficient (Wildman–Crippen LogP) is 4.29. The van der Waals surface area contributed by atoms with Gasteiger partial charge >= 0.3 is 0 Å². The van der Waals surface area contributed by atoms with Crippen molar-refractivity contribution in [2.45, 2.75) is 56.2 Å². The minimum Gasteiger partial charge on any atom is -0.377 e. The van der Waals surface area contributed by atoms with Gasteiger partial charge in [-0.15, -0.1) is 0 Å². The molecular formula is C25H27F5N4O2. The van der Waals surface area contributed by atoms with Gasteiger partial charge < -0.3 is 20.1 Å². The summed E-state index contributed by atoms with van der Waals surface area (Å²) in [4.78, 5) is 28.4. The van der Waals surface area contributed by atoms with Crippen LogP contribution in [0.1, 0.15) is 60.1 Å². The van der Waals surface area contributed by atoms with Crippen LogP contribution in [0.4, 0.5) is 27.6 Å². The summed E-state index contributed by atoms with van der Waals surface area (Å²) >= 11 is 0. The number of aromatic nitrogens is 1. The summed E-state index contributed by atoms with van der Waals surface area (Å²) in [6.07, 6.45) is -3.60. The molecule has 5 rings (SSSR count). The van der Waals surface area contributed by atoms with Gasteiger partial charge in [-0.2, -0.15) is 0 Å². The maximum Gasteiger partial charge on any atom is 0.266 e. The van der Waals surface area contributed by atoms with Crippen molar-refractivity contribution in [2.75, 3.05) is 25.5 Å². The molecule has 2 aliphatic carbocycles. The van der Waals surface area contributed by atoms with E-state index in [4.69, 9.17) is 0 Å². The van der Waals surface area contributed by atoms with E-state index in [-0.39, 0.29) is 35.2 Å². The summed E-state index contributed by atoms with van der Waals surface area (Å²) in [5, 5.41) is 5.90. The summed E-state index contributed by atoms with van der Waals surface area (Å²) in [5.41, 5.74) is -3.34. The second kappa shape index (κ2) is 8.57. The van der Waals surface area contributed by atoms with Crippen LogP contribution in [0.5, 0.6) is 0 Å². The molecule has 2 aromatic rings. The molecule has 1 amide bonds. The van der Waals surface area contributed by atoms with Crippen LogP contribution in [0.2, 0.25) is 0 Å². The molecule has 0 radical (unpaired) electrons. The van der Waals surface area contributed by atoms with Gasteiger partial charge in [0.2, 0.25) is 0 Å². The highest BCUT2D eigenvalue weighted by atomic mass is 19.3. The lowest BCUT2D eigenvalue weighted by Gasteiger charge is -2.24. The number of anilines is 1. The van der Waals surface area contributed by atoms with Crippen molar-refractivity contribution in [2.24, 2.45) is 5.92 Å². The first-order valence-electron chi connectivity index (χ1n) is 11.9. The van der Waals surface area contributed by atoms with Crippen molar-refractivity contribution in [3.8, 4) is 0 Å². The van der Waals surface area contributed by atoms with Gasteiger partial charge in [-0.3, -0.25) is 9.59 Å². The summed E-state index contributed by atoms with van der Waals surface area (Å²) < 4.78 is 69.5. The fourth-order valence-corrected chi connectivity index (χ4v) is 5.48. The number of amides is 1. The molecule has 1 aromatic carbocycles. The van der Waals surface area contributed by atoms with Crippen LogP contribution in [-0.2, 0) is 5.54 Å². The third-order valence-corrected chi connectivity index (χ3v) is 7.75. The quantitative estimate of drug-likeness (QED) is 0.521. The van der Waals surface area contributed by atoms with Crippen molar-refractivity contribution < 1.29 is 26.7 Å². The molecule has 3 fully saturated rings. The van der Waals surface area contributed by atoms with E-state index in [1.165, 1.54) is 25.1 Å². The van der Waals surface area contributed by atoms with Crippen LogP contribution in [0, 0.1) is 11.7 Å². The molecule has 6 nitrogen and oxygen atoms in total. The van der Waals surface area contributed by atoms with Crippen molar-refractivity contribution >= 4 is 11.6 Å². The average molecular weight is 511 g/mol. The Morgan fingerprint density at radius 2 is 1.86 bits per heavy atom. The molecule has 36 heavy (non-hydrogen) atoms. The fourth-order valence-electron chi connectivity index (χ4n) is 5.48. The fraction of sp³-hybridized carbons (Fsp3) is 0.520. The van der Waals surface area contributed by atoms with E-state index in [0.717, 1.165) is 29.8 Å². The van der Waals surface area contributed by atoms with E-state index in [0.29, 0.717) is 12.5 Å². The molecular weight excluding hydrogens is 483 g/mol. The number of likely N-dealkylation sites (N-methyl/N-ethyl adjacent to an activating group) is 1. The molecule has 0 bridgehead atoms. The lowest BCUT2D eigenvalue weighted by molar-refractivity contribution is 0.0648. The van der Waals surface area contributed by atoms with Gasteiger partial charge in [0.1, 0.15) is 11.4 Å². The first-order chi connectivity index (χ1) is 17.0. The van der Waals surface area contributed by atoms with Crippen LogP contribution in [0.15, 0.2) is 35.3 Å². The SMILES string of the molecule is CC(NC(=O)c1cn(C2(C(F)F)CC2)c(=O)cc1N[C@@]12C[C@@H]1CN(C)C2)c1cccc(C(F)F)c1F. The van der Waals surface area contributed by atoms with E-state index in [1.54, 1.807) is 0 Å². The van der Waals surface area contributed by atoms with E-state index in [9.17, 15) is 31.5 Å². The van der Waals surface area contributed by atoms with Crippen molar-refractivity contribution in [3.63, 3.8) is 0 Å². The standard InChI is InChI=1S/C25H27F5N4O2/c1-13(15-4-3-5-16(20(15)26)21(27)28)31-22(36)17-11-34(25(6-7-25)23(29)30)19(35)8-18(17)32-24-9-14(24)10-33(2)12-24/h3-5,8,11,13-14,21,23,32H,6-7,9-10,12H2,1-2H3,(H,31,36)/t13?,14-,24-/m1/s1. The molecule has 2 N–H and O–H groups in total. The number of piperidine rings is 1. The number of likely N-dealkylation sites (tertiary alicyclic amines) is 1. The Bertz CT molecular complexity index is 1260. The smallest absolute Gasteiger partial charge is 0.266 e. The number of hydrogen-bond donors (Lipinski definition) is 2. The number of hydrogen-bond acceptors (Lipinski definition) is 4. The molecule has 1 saturated heterocycles. The maximum absolute atomic E-state index is 14.7. The summed E-state index contributed by atoms with van der Waals surface area (Å²) in [7, 11) is 1.96. The minimum absolute atomic E-state index is 0.0339. The third kappa shape index (κ3) is 4.07. The monoisotopic (exact) mass is 510 g/mol. The summed E-state index contributed by atoms with van der Waals surface area (Å²) in [5.74, 6) is -1.51. The van der Waals surface area contributed by atoms with Crippen molar-refractivity contribution in [1.82, 2.24) is 14.8 Å². The van der Waals surface area contributed by atoms with Crippen LogP contribution in [-0.4, -0.2) is 47.5 Å². The van der Waals surface area contributed by atoms with Crippen molar-refractivity contribution in [3.05, 3.63) is 63.3 Å². The Kier molecular flexibility index (Phi) is 5.89. The number of halogens is 5. The van der Waals surface area contributed by atoms with Gasteiger partial charge in [0.15, 0.2) is 0 Å². The lowest BCUT2D eigenvalue weighted by Crippen LogP contribution is -2.39. The Labute approximate surface area is 204 Å². The van der Waals surface area contributed by atoms with E-state index in [2.05, 4.69) is 15.5 Å². The second-order valence-electron chi connectivity index (χ2n) is 10.3. The molecule has 11 heteroatoms. The zero-order valence-corrected chi connectivity index (χ0v) is 19.8. The van der Waals surface area contributed by atoms with Crippen LogP contribution < -0.4 is 16.2 Å². The first kappa shape index (κ1) is 24.7. The van der Waals surface area contributed by atoms with Crippen LogP contribution in [0.25, 0.3) is 0 Å². The number of carbonyl (C=O) groups excluding carboxylic acids is 1. The Morgan fingerprint density at radius 1 is 1.17 bits per heavy atom. The van der Waals surface area contributed by atoms with Crippen molar-refractivity contribution in [1.29, 1.82) is 0 Å². The molecule has 194 valence electrons. The van der Waals surface area contributed by atoms with Crippen LogP contribution in [0.3, 0.4) is 0 Å². The van der Waals surface area contributed by atoms with E-state index in [1.807, 2.05) is 7.05 Å². The number of nitrogens with one attached hydrogen (secondary N) is 2. The normalized spacial score (nSPS) is 25.1. The highest BCUT2D eigenvalue weighted by Gasteiger charge is 2.59. The highest BCUT2D eigenvalue weighted by molar-refractivity contribution is 5.99. The number of nitrogens with zero attached hydrogens (tertiary/aromatic N) is 2. The zero-order chi connectivity index (χ0) is 26.0. The molecule has 2 heterocycles. The van der Waals surface area contributed by atoms with Gasteiger partial charge in [0.05, 0.1) is 28.4 Å². The molecule has 2 saturated carbocycles. The molecule has 3 atom stereocenters. The predicted molar refractivity (Wildman–Crippen MR) is 123 cm³/mol. The summed E-state index contributed by atoms with van der Waals surface area (Å²) in [6, 6.07) is 3.71. The first-order valence-corrected chi connectivity index (χ1v) is 11.9. The Hall–Kier alpha value is -2.95. The van der Waals surface area contributed by atoms with Gasteiger partial charge in [-0.05, 0) is 39.2 Å². The Balaban J connectivity index is 1.49. The largest absolute Gasteiger partial charge is 0.377 e. The minimum atomic E-state index is -3.02. The maximum atomic E-state index is 14.7. The number of fused-ring (bicyclic) bond motifs is 1. The van der Waals surface area contributed by atoms with E-state index >= 15 is 0 Å². The van der Waals surface area contributed by atoms with Gasteiger partial charge in [-0.25, -0.2) is 22.0 Å². The third-order valence-electron chi connectivity index (χ3n) is 7.75. The second-order valence-corrected chi connectivity index (χ2v) is 10.3. The van der Waals surface area contributed by atoms with Gasteiger partial charge in [0, 0.05) is 30.9 Å². The number of benzene rings is 1. The molecule has 1 aliphatic heterocycles. The molecule has 1 unspecified atom stereocenters. The number of carbonyl (C=O) groups is 1. The topological polar surface area (TPSA) is 66.4 Å². The number of pyridine rings is 1. The lowest BCUT2D eigenvalue weighted by atomic mass is 10.0. The summed E-state index contributed by atoms with van der Waals surface area (Å²) in [6.45, 7) is 3.00. The van der Waals surface area contributed by atoms with Gasteiger partial charge in [0.25, 0.3) is 24.3 Å². The Morgan fingerprint density at radius 3 is 2.44 bits per heavy atom. The number of alkyl halides is 4. The molecule has 3 aliphatic rings. The van der Waals surface area contributed by atoms with E-state index < -0.39 is 47.3 Å².